The molecule has 1 aliphatic carbocycles. The Hall–Kier alpha value is -2.30. The van der Waals surface area contributed by atoms with E-state index in [9.17, 15) is 9.59 Å². The van der Waals surface area contributed by atoms with Crippen LogP contribution in [-0.2, 0) is 4.79 Å². The van der Waals surface area contributed by atoms with Crippen molar-refractivity contribution in [1.82, 2.24) is 5.32 Å². The van der Waals surface area contributed by atoms with Crippen molar-refractivity contribution in [1.29, 1.82) is 0 Å². The van der Waals surface area contributed by atoms with Crippen LogP contribution in [0.4, 0.5) is 16.2 Å². The minimum atomic E-state index is -0.286. The van der Waals surface area contributed by atoms with Crippen molar-refractivity contribution in [2.24, 2.45) is 5.92 Å². The number of carbonyl (C=O) groups is 2. The normalized spacial score (nSPS) is 17.4. The zero-order chi connectivity index (χ0) is 14.4. The number of hydrogen-bond acceptors (Lipinski definition) is 2. The summed E-state index contributed by atoms with van der Waals surface area (Å²) in [5.74, 6) is 0.0713. The molecule has 0 bridgehead atoms. The number of hydrogen-bond donors (Lipinski definition) is 3. The highest BCUT2D eigenvalue weighted by molar-refractivity contribution is 5.94. The first-order chi connectivity index (χ1) is 9.69. The maximum Gasteiger partial charge on any atom is 0.318 e. The van der Waals surface area contributed by atoms with Gasteiger partial charge in [-0.25, -0.2) is 4.79 Å². The van der Waals surface area contributed by atoms with Gasteiger partial charge in [0.25, 0.3) is 0 Å². The van der Waals surface area contributed by atoms with Gasteiger partial charge in [-0.2, -0.15) is 0 Å². The molecule has 0 saturated heterocycles. The van der Waals surface area contributed by atoms with Crippen LogP contribution in [-0.4, -0.2) is 19.0 Å². The van der Waals surface area contributed by atoms with Crippen molar-refractivity contribution in [3.05, 3.63) is 36.4 Å². The van der Waals surface area contributed by atoms with E-state index in [4.69, 9.17) is 0 Å². The van der Waals surface area contributed by atoms with Crippen LogP contribution in [0.2, 0.25) is 0 Å². The molecule has 5 nitrogen and oxygen atoms in total. The lowest BCUT2D eigenvalue weighted by Crippen LogP contribution is -2.25. The lowest BCUT2D eigenvalue weighted by molar-refractivity contribution is -0.120. The van der Waals surface area contributed by atoms with Crippen LogP contribution in [0.1, 0.15) is 19.3 Å². The molecule has 3 N–H and O–H groups in total. The summed E-state index contributed by atoms with van der Waals surface area (Å²) in [7, 11) is 1.55. The lowest BCUT2D eigenvalue weighted by atomic mass is 9.93. The molecule has 0 saturated carbocycles. The van der Waals surface area contributed by atoms with Crippen molar-refractivity contribution in [2.75, 3.05) is 17.7 Å². The predicted octanol–water partition coefficient (Wildman–Crippen LogP) is 2.73. The van der Waals surface area contributed by atoms with Gasteiger partial charge in [-0.15, -0.1) is 0 Å². The predicted molar refractivity (Wildman–Crippen MR) is 79.6 cm³/mol. The quantitative estimate of drug-likeness (QED) is 0.741. The SMILES string of the molecule is CNC(=O)Nc1cccc(NC(=O)C2CC=CCC2)c1. The summed E-state index contributed by atoms with van der Waals surface area (Å²) >= 11 is 0. The van der Waals surface area contributed by atoms with Crippen molar-refractivity contribution in [3.8, 4) is 0 Å². The van der Waals surface area contributed by atoms with Crippen molar-refractivity contribution in [2.45, 2.75) is 19.3 Å². The lowest BCUT2D eigenvalue weighted by Gasteiger charge is -2.17. The molecule has 2 rings (SSSR count). The van der Waals surface area contributed by atoms with Crippen LogP contribution in [0.25, 0.3) is 0 Å². The molecule has 0 fully saturated rings. The number of benzene rings is 1. The largest absolute Gasteiger partial charge is 0.341 e. The number of rotatable bonds is 3. The molecular formula is C15H19N3O2. The highest BCUT2D eigenvalue weighted by atomic mass is 16.2. The minimum absolute atomic E-state index is 0.0337. The summed E-state index contributed by atoms with van der Waals surface area (Å²) in [5, 5.41) is 8.05. The molecule has 1 aliphatic rings. The van der Waals surface area contributed by atoms with Gasteiger partial charge < -0.3 is 16.0 Å². The van der Waals surface area contributed by atoms with E-state index in [0.717, 1.165) is 19.3 Å². The Kier molecular flexibility index (Phi) is 4.76. The monoisotopic (exact) mass is 273 g/mol. The summed E-state index contributed by atoms with van der Waals surface area (Å²) in [5.41, 5.74) is 1.34. The van der Waals surface area contributed by atoms with Crippen LogP contribution < -0.4 is 16.0 Å². The second-order valence-corrected chi connectivity index (χ2v) is 4.76. The molecule has 0 heterocycles. The van der Waals surface area contributed by atoms with E-state index < -0.39 is 0 Å². The number of amides is 3. The molecule has 1 atom stereocenters. The van der Waals surface area contributed by atoms with Gasteiger partial charge in [0, 0.05) is 24.3 Å². The summed E-state index contributed by atoms with van der Waals surface area (Å²) in [6, 6.07) is 6.83. The van der Waals surface area contributed by atoms with Crippen molar-refractivity contribution in [3.63, 3.8) is 0 Å². The molecule has 0 aliphatic heterocycles. The summed E-state index contributed by atoms with van der Waals surface area (Å²) in [6.07, 6.45) is 6.80. The number of carbonyl (C=O) groups excluding carboxylic acids is 2. The van der Waals surface area contributed by atoms with E-state index in [2.05, 4.69) is 28.1 Å². The fraction of sp³-hybridized carbons (Fsp3) is 0.333. The van der Waals surface area contributed by atoms with Crippen LogP contribution >= 0.6 is 0 Å². The molecule has 3 amide bonds. The molecule has 1 unspecified atom stereocenters. The third-order valence-electron chi connectivity index (χ3n) is 3.25. The molecular weight excluding hydrogens is 254 g/mol. The average Bonchev–Trinajstić information content (AvgIpc) is 2.48. The molecule has 0 radical (unpaired) electrons. The maximum absolute atomic E-state index is 12.1. The average molecular weight is 273 g/mol. The van der Waals surface area contributed by atoms with Crippen LogP contribution in [0.5, 0.6) is 0 Å². The van der Waals surface area contributed by atoms with Gasteiger partial charge in [0.1, 0.15) is 0 Å². The second kappa shape index (κ2) is 6.75. The van der Waals surface area contributed by atoms with E-state index in [1.165, 1.54) is 0 Å². The summed E-state index contributed by atoms with van der Waals surface area (Å²) in [6.45, 7) is 0. The Morgan fingerprint density at radius 2 is 1.90 bits per heavy atom. The zero-order valence-corrected chi connectivity index (χ0v) is 11.5. The van der Waals surface area contributed by atoms with E-state index in [1.54, 1.807) is 25.2 Å². The van der Waals surface area contributed by atoms with E-state index in [1.807, 2.05) is 6.07 Å². The van der Waals surface area contributed by atoms with Gasteiger partial charge in [-0.3, -0.25) is 4.79 Å². The fourth-order valence-electron chi connectivity index (χ4n) is 2.14. The van der Waals surface area contributed by atoms with Gasteiger partial charge in [-0.1, -0.05) is 18.2 Å². The van der Waals surface area contributed by atoms with Crippen molar-refractivity contribution < 1.29 is 9.59 Å². The first kappa shape index (κ1) is 14.1. The number of allylic oxidation sites excluding steroid dienone is 2. The molecule has 5 heteroatoms. The smallest absolute Gasteiger partial charge is 0.318 e. The van der Waals surface area contributed by atoms with Gasteiger partial charge in [0.2, 0.25) is 5.91 Å². The fourth-order valence-corrected chi connectivity index (χ4v) is 2.14. The number of urea groups is 1. The molecule has 0 spiro atoms. The maximum atomic E-state index is 12.1. The molecule has 1 aromatic rings. The topological polar surface area (TPSA) is 70.2 Å². The third-order valence-corrected chi connectivity index (χ3v) is 3.25. The Morgan fingerprint density at radius 1 is 1.15 bits per heavy atom. The minimum Gasteiger partial charge on any atom is -0.341 e. The van der Waals surface area contributed by atoms with Gasteiger partial charge in [-0.05, 0) is 37.5 Å². The standard InChI is InChI=1S/C15H19N3O2/c1-16-15(20)18-13-9-5-8-12(10-13)17-14(19)11-6-3-2-4-7-11/h2-3,5,8-11H,4,6-7H2,1H3,(H,17,19)(H2,16,18,20). The molecule has 20 heavy (non-hydrogen) atoms. The molecule has 106 valence electrons. The number of anilines is 2. The first-order valence-corrected chi connectivity index (χ1v) is 6.73. The summed E-state index contributed by atoms with van der Waals surface area (Å²) < 4.78 is 0. The highest BCUT2D eigenvalue weighted by Gasteiger charge is 2.18. The van der Waals surface area contributed by atoms with Gasteiger partial charge in [0.15, 0.2) is 0 Å². The van der Waals surface area contributed by atoms with E-state index in [-0.39, 0.29) is 17.9 Å². The second-order valence-electron chi connectivity index (χ2n) is 4.76. The van der Waals surface area contributed by atoms with Gasteiger partial charge in [0.05, 0.1) is 0 Å². The third kappa shape index (κ3) is 3.85. The highest BCUT2D eigenvalue weighted by Crippen LogP contribution is 2.21. The Bertz CT molecular complexity index is 526. The molecule has 0 aromatic heterocycles. The number of nitrogens with one attached hydrogen (secondary N) is 3. The Morgan fingerprint density at radius 3 is 2.55 bits per heavy atom. The summed E-state index contributed by atoms with van der Waals surface area (Å²) in [4.78, 5) is 23.4. The van der Waals surface area contributed by atoms with Crippen LogP contribution in [0.3, 0.4) is 0 Å². The zero-order valence-electron chi connectivity index (χ0n) is 11.5. The first-order valence-electron chi connectivity index (χ1n) is 6.73. The van der Waals surface area contributed by atoms with Crippen LogP contribution in [0, 0.1) is 5.92 Å². The van der Waals surface area contributed by atoms with E-state index >= 15 is 0 Å². The molecule has 1 aromatic carbocycles. The Balaban J connectivity index is 1.98. The van der Waals surface area contributed by atoms with Crippen molar-refractivity contribution >= 4 is 23.3 Å². The van der Waals surface area contributed by atoms with Gasteiger partial charge >= 0.3 is 6.03 Å². The van der Waals surface area contributed by atoms with E-state index in [0.29, 0.717) is 11.4 Å². The Labute approximate surface area is 118 Å². The van der Waals surface area contributed by atoms with Crippen LogP contribution in [0.15, 0.2) is 36.4 Å².